The second-order valence-electron chi connectivity index (χ2n) is 4.14. The van der Waals surface area contributed by atoms with Crippen molar-refractivity contribution in [3.63, 3.8) is 0 Å². The van der Waals surface area contributed by atoms with Crippen LogP contribution in [0.1, 0.15) is 30.4 Å². The Kier molecular flexibility index (Phi) is 6.21. The molecule has 0 aliphatic rings. The van der Waals surface area contributed by atoms with Crippen LogP contribution in [0.4, 0.5) is 0 Å². The Morgan fingerprint density at radius 3 is 2.82 bits per heavy atom. The van der Waals surface area contributed by atoms with Crippen LogP contribution in [0.25, 0.3) is 0 Å². The summed E-state index contributed by atoms with van der Waals surface area (Å²) in [6.45, 7) is 3.99. The van der Waals surface area contributed by atoms with Crippen molar-refractivity contribution in [2.45, 2.75) is 32.7 Å². The van der Waals surface area contributed by atoms with E-state index >= 15 is 0 Å². The van der Waals surface area contributed by atoms with Gasteiger partial charge in [-0.25, -0.2) is 0 Å². The van der Waals surface area contributed by atoms with Gasteiger partial charge in [0.1, 0.15) is 5.75 Å². The third kappa shape index (κ3) is 4.93. The molecule has 0 saturated heterocycles. The first-order valence-corrected chi connectivity index (χ1v) is 6.05. The summed E-state index contributed by atoms with van der Waals surface area (Å²) in [7, 11) is 1.70. The Bertz CT molecular complexity index is 379. The van der Waals surface area contributed by atoms with Gasteiger partial charge in [0.2, 0.25) is 0 Å². The van der Waals surface area contributed by atoms with Crippen LogP contribution in [0.5, 0.6) is 5.75 Å². The SMILES string of the molecule is C#CCCCCNCc1ccc(OC)c(C)c1. The van der Waals surface area contributed by atoms with Crippen LogP contribution in [0.3, 0.4) is 0 Å². The van der Waals surface area contributed by atoms with Crippen LogP contribution < -0.4 is 10.1 Å². The largest absolute Gasteiger partial charge is 0.496 e. The van der Waals surface area contributed by atoms with E-state index in [-0.39, 0.29) is 0 Å². The average molecular weight is 231 g/mol. The van der Waals surface area contributed by atoms with E-state index in [9.17, 15) is 0 Å². The molecule has 0 aromatic heterocycles. The molecule has 0 fully saturated rings. The summed E-state index contributed by atoms with van der Waals surface area (Å²) in [4.78, 5) is 0. The number of hydrogen-bond donors (Lipinski definition) is 1. The summed E-state index contributed by atoms with van der Waals surface area (Å²) >= 11 is 0. The van der Waals surface area contributed by atoms with E-state index in [4.69, 9.17) is 11.2 Å². The van der Waals surface area contributed by atoms with E-state index in [0.717, 1.165) is 38.1 Å². The van der Waals surface area contributed by atoms with Gasteiger partial charge in [-0.1, -0.05) is 12.1 Å². The Labute approximate surface area is 104 Å². The highest BCUT2D eigenvalue weighted by Crippen LogP contribution is 2.18. The number of nitrogens with one attached hydrogen (secondary N) is 1. The fourth-order valence-electron chi connectivity index (χ4n) is 1.76. The first kappa shape index (κ1) is 13.6. The lowest BCUT2D eigenvalue weighted by Crippen LogP contribution is -2.14. The summed E-state index contributed by atoms with van der Waals surface area (Å²) in [6, 6.07) is 6.28. The molecule has 17 heavy (non-hydrogen) atoms. The zero-order valence-corrected chi connectivity index (χ0v) is 10.8. The van der Waals surface area contributed by atoms with Crippen molar-refractivity contribution < 1.29 is 4.74 Å². The van der Waals surface area contributed by atoms with Crippen molar-refractivity contribution in [1.82, 2.24) is 5.32 Å². The van der Waals surface area contributed by atoms with Crippen molar-refractivity contribution in [3.8, 4) is 18.1 Å². The number of rotatable bonds is 7. The first-order chi connectivity index (χ1) is 8.27. The number of terminal acetylenes is 1. The van der Waals surface area contributed by atoms with Crippen molar-refractivity contribution in [2.75, 3.05) is 13.7 Å². The number of ether oxygens (including phenoxy) is 1. The molecule has 1 aromatic carbocycles. The number of methoxy groups -OCH3 is 1. The molecule has 0 heterocycles. The normalized spacial score (nSPS) is 9.94. The van der Waals surface area contributed by atoms with Gasteiger partial charge in [0.05, 0.1) is 7.11 Å². The van der Waals surface area contributed by atoms with Gasteiger partial charge in [0, 0.05) is 13.0 Å². The highest BCUT2D eigenvalue weighted by molar-refractivity contribution is 5.36. The van der Waals surface area contributed by atoms with Gasteiger partial charge in [-0.15, -0.1) is 12.3 Å². The minimum atomic E-state index is 0.878. The minimum absolute atomic E-state index is 0.878. The molecule has 0 radical (unpaired) electrons. The molecule has 1 aromatic rings. The monoisotopic (exact) mass is 231 g/mol. The fourth-order valence-corrected chi connectivity index (χ4v) is 1.76. The van der Waals surface area contributed by atoms with E-state index in [2.05, 4.69) is 30.3 Å². The van der Waals surface area contributed by atoms with Gasteiger partial charge < -0.3 is 10.1 Å². The molecule has 0 amide bonds. The van der Waals surface area contributed by atoms with Gasteiger partial charge in [-0.2, -0.15) is 0 Å². The van der Waals surface area contributed by atoms with E-state index in [1.54, 1.807) is 7.11 Å². The second kappa shape index (κ2) is 7.76. The van der Waals surface area contributed by atoms with Crippen molar-refractivity contribution in [1.29, 1.82) is 0 Å². The van der Waals surface area contributed by atoms with Gasteiger partial charge in [0.15, 0.2) is 0 Å². The predicted molar refractivity (Wildman–Crippen MR) is 72.1 cm³/mol. The van der Waals surface area contributed by atoms with Crippen molar-refractivity contribution >= 4 is 0 Å². The predicted octanol–water partition coefficient (Wildman–Crippen LogP) is 2.90. The summed E-state index contributed by atoms with van der Waals surface area (Å²) in [6.07, 6.45) is 8.31. The van der Waals surface area contributed by atoms with Crippen LogP contribution >= 0.6 is 0 Å². The van der Waals surface area contributed by atoms with Crippen LogP contribution in [-0.4, -0.2) is 13.7 Å². The molecule has 92 valence electrons. The average Bonchev–Trinajstić information content (AvgIpc) is 2.34. The van der Waals surface area contributed by atoms with Crippen molar-refractivity contribution in [2.24, 2.45) is 0 Å². The third-order valence-corrected chi connectivity index (χ3v) is 2.71. The Morgan fingerprint density at radius 2 is 2.18 bits per heavy atom. The molecule has 0 spiro atoms. The maximum Gasteiger partial charge on any atom is 0.121 e. The molecule has 1 N–H and O–H groups in total. The topological polar surface area (TPSA) is 21.3 Å². The zero-order chi connectivity index (χ0) is 12.5. The molecule has 0 atom stereocenters. The maximum absolute atomic E-state index is 5.23. The van der Waals surface area contributed by atoms with E-state index in [1.165, 1.54) is 11.1 Å². The zero-order valence-electron chi connectivity index (χ0n) is 10.8. The van der Waals surface area contributed by atoms with E-state index in [0.29, 0.717) is 0 Å². The summed E-state index contributed by atoms with van der Waals surface area (Å²) in [5, 5.41) is 3.42. The molecule has 0 bridgehead atoms. The fraction of sp³-hybridized carbons (Fsp3) is 0.467. The van der Waals surface area contributed by atoms with Gasteiger partial charge in [-0.05, 0) is 43.5 Å². The summed E-state index contributed by atoms with van der Waals surface area (Å²) < 4.78 is 5.23. The number of aryl methyl sites for hydroxylation is 1. The molecule has 0 aliphatic carbocycles. The van der Waals surface area contributed by atoms with Gasteiger partial charge in [-0.3, -0.25) is 0 Å². The van der Waals surface area contributed by atoms with Gasteiger partial charge >= 0.3 is 0 Å². The second-order valence-corrected chi connectivity index (χ2v) is 4.14. The van der Waals surface area contributed by atoms with Gasteiger partial charge in [0.25, 0.3) is 0 Å². The molecule has 1 rings (SSSR count). The number of hydrogen-bond acceptors (Lipinski definition) is 2. The highest BCUT2D eigenvalue weighted by Gasteiger charge is 1.99. The van der Waals surface area contributed by atoms with E-state index < -0.39 is 0 Å². The van der Waals surface area contributed by atoms with Crippen molar-refractivity contribution in [3.05, 3.63) is 29.3 Å². The first-order valence-electron chi connectivity index (χ1n) is 6.05. The molecule has 2 heteroatoms. The van der Waals surface area contributed by atoms with Crippen LogP contribution in [0.2, 0.25) is 0 Å². The summed E-state index contributed by atoms with van der Waals surface area (Å²) in [5.41, 5.74) is 2.47. The lowest BCUT2D eigenvalue weighted by Gasteiger charge is -2.08. The smallest absolute Gasteiger partial charge is 0.121 e. The standard InChI is InChI=1S/C15H21NO/c1-4-5-6-7-10-16-12-14-8-9-15(17-3)13(2)11-14/h1,8-9,11,16H,5-7,10,12H2,2-3H3. The Hall–Kier alpha value is -1.46. The van der Waals surface area contributed by atoms with Crippen LogP contribution in [0.15, 0.2) is 18.2 Å². The number of benzene rings is 1. The molecule has 0 unspecified atom stereocenters. The molecular weight excluding hydrogens is 210 g/mol. The highest BCUT2D eigenvalue weighted by atomic mass is 16.5. The molecule has 2 nitrogen and oxygen atoms in total. The van der Waals surface area contributed by atoms with Crippen LogP contribution in [0, 0.1) is 19.3 Å². The van der Waals surface area contributed by atoms with E-state index in [1.807, 2.05) is 6.07 Å². The summed E-state index contributed by atoms with van der Waals surface area (Å²) in [5.74, 6) is 3.60. The number of unbranched alkanes of at least 4 members (excludes halogenated alkanes) is 2. The molecular formula is C15H21NO. The molecule has 0 saturated carbocycles. The Morgan fingerprint density at radius 1 is 1.35 bits per heavy atom. The lowest BCUT2D eigenvalue weighted by molar-refractivity contribution is 0.411. The minimum Gasteiger partial charge on any atom is -0.496 e. The maximum atomic E-state index is 5.23. The molecule has 0 aliphatic heterocycles. The quantitative estimate of drug-likeness (QED) is 0.575. The third-order valence-electron chi connectivity index (χ3n) is 2.71. The van der Waals surface area contributed by atoms with Crippen LogP contribution in [-0.2, 0) is 6.54 Å². The Balaban J connectivity index is 2.28. The lowest BCUT2D eigenvalue weighted by atomic mass is 10.1.